The first-order chi connectivity index (χ1) is 10.8. The number of nitro groups is 1. The van der Waals surface area contributed by atoms with Crippen LogP contribution >= 0.6 is 15.9 Å². The van der Waals surface area contributed by atoms with Gasteiger partial charge in [0.25, 0.3) is 17.5 Å². The highest BCUT2D eigenvalue weighted by Gasteiger charge is 2.32. The van der Waals surface area contributed by atoms with Crippen LogP contribution in [0.1, 0.15) is 11.1 Å². The van der Waals surface area contributed by atoms with Crippen LogP contribution in [0.25, 0.3) is 0 Å². The monoisotopic (exact) mass is 383 g/mol. The third-order valence-electron chi connectivity index (χ3n) is 3.60. The fourth-order valence-electron chi connectivity index (χ4n) is 2.21. The molecule has 1 heterocycles. The molecule has 0 radical (unpaired) electrons. The molecule has 0 saturated heterocycles. The van der Waals surface area contributed by atoms with Crippen molar-refractivity contribution in [3.8, 4) is 0 Å². The molecule has 0 fully saturated rings. The van der Waals surface area contributed by atoms with E-state index in [0.717, 1.165) is 16.5 Å². The Bertz CT molecular complexity index is 744. The number of benzene rings is 1. The second kappa shape index (κ2) is 6.47. The van der Waals surface area contributed by atoms with E-state index < -0.39 is 16.7 Å². The maximum atomic E-state index is 12.1. The summed E-state index contributed by atoms with van der Waals surface area (Å²) in [6.07, 6.45) is 1.07. The predicted octanol–water partition coefficient (Wildman–Crippen LogP) is 1.63. The fraction of sp³-hybridized carbons (Fsp3) is 0.286. The minimum Gasteiger partial charge on any atom is -0.395 e. The highest BCUT2D eigenvalue weighted by atomic mass is 79.9. The second-order valence-electron chi connectivity index (χ2n) is 4.96. The molecule has 0 aliphatic carbocycles. The molecule has 23 heavy (non-hydrogen) atoms. The predicted molar refractivity (Wildman–Crippen MR) is 85.8 cm³/mol. The van der Waals surface area contributed by atoms with Gasteiger partial charge in [-0.25, -0.2) is 0 Å². The van der Waals surface area contributed by atoms with E-state index in [1.54, 1.807) is 13.8 Å². The van der Waals surface area contributed by atoms with Gasteiger partial charge in [-0.15, -0.1) is 0 Å². The molecule has 0 spiro atoms. The second-order valence-corrected chi connectivity index (χ2v) is 5.82. The summed E-state index contributed by atoms with van der Waals surface area (Å²) in [6.45, 7) is 2.99. The van der Waals surface area contributed by atoms with Gasteiger partial charge in [-0.05, 0) is 25.0 Å². The van der Waals surface area contributed by atoms with Gasteiger partial charge >= 0.3 is 0 Å². The number of nitro benzene ring substituents is 1. The molecule has 1 aromatic rings. The lowest BCUT2D eigenvalue weighted by Gasteiger charge is -2.15. The quantitative estimate of drug-likeness (QED) is 0.453. The van der Waals surface area contributed by atoms with E-state index in [2.05, 4.69) is 21.2 Å². The molecule has 1 aromatic carbocycles. The molecule has 1 aliphatic heterocycles. The Balaban J connectivity index is 2.43. The average molecular weight is 384 g/mol. The maximum absolute atomic E-state index is 12.1. The third kappa shape index (κ3) is 3.10. The molecule has 2 amide bonds. The summed E-state index contributed by atoms with van der Waals surface area (Å²) < 4.78 is 0.581. The fourth-order valence-corrected chi connectivity index (χ4v) is 2.72. The Kier molecular flexibility index (Phi) is 4.81. The minimum absolute atomic E-state index is 0.0589. The first-order valence-electron chi connectivity index (χ1n) is 6.67. The van der Waals surface area contributed by atoms with Crippen LogP contribution in [0.2, 0.25) is 0 Å². The number of halogens is 1. The number of nitrogens with zero attached hydrogens (tertiary/aromatic N) is 2. The van der Waals surface area contributed by atoms with Crippen molar-refractivity contribution in [3.63, 3.8) is 0 Å². The van der Waals surface area contributed by atoms with E-state index in [0.29, 0.717) is 10.0 Å². The van der Waals surface area contributed by atoms with E-state index in [9.17, 15) is 19.7 Å². The van der Waals surface area contributed by atoms with Gasteiger partial charge in [0.15, 0.2) is 0 Å². The highest BCUT2D eigenvalue weighted by Crippen LogP contribution is 2.36. The van der Waals surface area contributed by atoms with Crippen molar-refractivity contribution in [2.24, 2.45) is 0 Å². The number of hydrogen-bond donors (Lipinski definition) is 2. The smallest absolute Gasteiger partial charge is 0.294 e. The molecule has 0 unspecified atom stereocenters. The standard InChI is InChI=1S/C14H14BrN3O5/c1-7-8(2)13(11(18(22)23)5-9(7)15)16-10-6-12(20)17(3-4-19)14(10)21/h5-6,16,19H,3-4H2,1-2H3. The van der Waals surface area contributed by atoms with Crippen LogP contribution in [0.5, 0.6) is 0 Å². The van der Waals surface area contributed by atoms with Crippen molar-refractivity contribution >= 4 is 39.1 Å². The molecule has 0 aromatic heterocycles. The zero-order valence-electron chi connectivity index (χ0n) is 12.4. The summed E-state index contributed by atoms with van der Waals surface area (Å²) in [5.74, 6) is -1.20. The molecular weight excluding hydrogens is 370 g/mol. The number of β-amino-alcohol motifs (C(OH)–C–C–N with tert-alkyl or cyclic N) is 1. The molecule has 0 atom stereocenters. The van der Waals surface area contributed by atoms with Crippen LogP contribution in [-0.2, 0) is 9.59 Å². The van der Waals surface area contributed by atoms with Gasteiger partial charge in [0.05, 0.1) is 18.1 Å². The number of carbonyl (C=O) groups excluding carboxylic acids is 2. The van der Waals surface area contributed by atoms with Crippen molar-refractivity contribution in [1.82, 2.24) is 4.90 Å². The molecule has 122 valence electrons. The molecule has 2 N–H and O–H groups in total. The summed E-state index contributed by atoms with van der Waals surface area (Å²) >= 11 is 3.26. The zero-order valence-corrected chi connectivity index (χ0v) is 14.0. The lowest BCUT2D eigenvalue weighted by molar-refractivity contribution is -0.384. The van der Waals surface area contributed by atoms with Crippen LogP contribution in [0, 0.1) is 24.0 Å². The van der Waals surface area contributed by atoms with Gasteiger partial charge in [-0.2, -0.15) is 0 Å². The Hall–Kier alpha value is -2.26. The van der Waals surface area contributed by atoms with E-state index in [-0.39, 0.29) is 30.2 Å². The number of rotatable bonds is 5. The summed E-state index contributed by atoms with van der Waals surface area (Å²) in [5, 5.41) is 22.8. The average Bonchev–Trinajstić information content (AvgIpc) is 2.75. The van der Waals surface area contributed by atoms with Gasteiger partial charge in [0, 0.05) is 16.6 Å². The van der Waals surface area contributed by atoms with Crippen LogP contribution in [0.3, 0.4) is 0 Å². The van der Waals surface area contributed by atoms with Crippen molar-refractivity contribution in [2.75, 3.05) is 18.5 Å². The van der Waals surface area contributed by atoms with Crippen molar-refractivity contribution in [2.45, 2.75) is 13.8 Å². The zero-order chi connectivity index (χ0) is 17.3. The van der Waals surface area contributed by atoms with Gasteiger partial charge in [0.2, 0.25) is 0 Å². The van der Waals surface area contributed by atoms with Crippen LogP contribution in [-0.4, -0.2) is 39.9 Å². The van der Waals surface area contributed by atoms with E-state index in [1.807, 2.05) is 0 Å². The molecule has 9 heteroatoms. The van der Waals surface area contributed by atoms with Crippen molar-refractivity contribution < 1.29 is 19.6 Å². The Labute approximate surface area is 140 Å². The molecule has 0 saturated carbocycles. The first kappa shape index (κ1) is 17.1. The highest BCUT2D eigenvalue weighted by molar-refractivity contribution is 9.10. The van der Waals surface area contributed by atoms with Gasteiger partial charge in [-0.3, -0.25) is 24.6 Å². The van der Waals surface area contributed by atoms with E-state index >= 15 is 0 Å². The van der Waals surface area contributed by atoms with E-state index in [1.165, 1.54) is 6.07 Å². The van der Waals surface area contributed by atoms with E-state index in [4.69, 9.17) is 5.11 Å². The Morgan fingerprint density at radius 2 is 2.00 bits per heavy atom. The first-order valence-corrected chi connectivity index (χ1v) is 7.46. The van der Waals surface area contributed by atoms with Gasteiger partial charge < -0.3 is 10.4 Å². The number of amides is 2. The third-order valence-corrected chi connectivity index (χ3v) is 4.43. The summed E-state index contributed by atoms with van der Waals surface area (Å²) in [6, 6.07) is 1.35. The maximum Gasteiger partial charge on any atom is 0.294 e. The summed E-state index contributed by atoms with van der Waals surface area (Å²) in [4.78, 5) is 35.4. The SMILES string of the molecule is Cc1c(Br)cc([N+](=O)[O-])c(NC2=CC(=O)N(CCO)C2=O)c1C. The molecule has 0 bridgehead atoms. The lowest BCUT2D eigenvalue weighted by Crippen LogP contribution is -2.34. The van der Waals surface area contributed by atoms with Crippen LogP contribution < -0.4 is 5.32 Å². The molecule has 8 nitrogen and oxygen atoms in total. The summed E-state index contributed by atoms with van der Waals surface area (Å²) in [7, 11) is 0. The van der Waals surface area contributed by atoms with Crippen LogP contribution in [0.15, 0.2) is 22.3 Å². The number of anilines is 1. The number of carbonyl (C=O) groups is 2. The van der Waals surface area contributed by atoms with Crippen LogP contribution in [0.4, 0.5) is 11.4 Å². The number of nitrogens with one attached hydrogen (secondary N) is 1. The van der Waals surface area contributed by atoms with Crippen molar-refractivity contribution in [1.29, 1.82) is 0 Å². The Morgan fingerprint density at radius 3 is 2.57 bits per heavy atom. The number of aliphatic hydroxyl groups excluding tert-OH is 1. The largest absolute Gasteiger partial charge is 0.395 e. The van der Waals surface area contributed by atoms with Crippen molar-refractivity contribution in [3.05, 3.63) is 43.6 Å². The number of imide groups is 1. The molecular formula is C14H14BrN3O5. The minimum atomic E-state index is -0.627. The Morgan fingerprint density at radius 1 is 1.35 bits per heavy atom. The number of aliphatic hydroxyl groups is 1. The lowest BCUT2D eigenvalue weighted by atomic mass is 10.1. The van der Waals surface area contributed by atoms with Gasteiger partial charge in [-0.1, -0.05) is 15.9 Å². The molecule has 1 aliphatic rings. The van der Waals surface area contributed by atoms with Gasteiger partial charge in [0.1, 0.15) is 11.4 Å². The molecule has 2 rings (SSSR count). The normalized spacial score (nSPS) is 14.3. The topological polar surface area (TPSA) is 113 Å². The summed E-state index contributed by atoms with van der Waals surface area (Å²) in [5.41, 5.74) is 1.27. The number of hydrogen-bond acceptors (Lipinski definition) is 6.